The summed E-state index contributed by atoms with van der Waals surface area (Å²) < 4.78 is 0. The van der Waals surface area contributed by atoms with E-state index < -0.39 is 0 Å². The largest absolute Gasteiger partial charge is 0.357 e. The van der Waals surface area contributed by atoms with Gasteiger partial charge in [0.1, 0.15) is 0 Å². The Morgan fingerprint density at radius 3 is 2.77 bits per heavy atom. The van der Waals surface area contributed by atoms with Gasteiger partial charge >= 0.3 is 0 Å². The predicted octanol–water partition coefficient (Wildman–Crippen LogP) is 3.64. The summed E-state index contributed by atoms with van der Waals surface area (Å²) in [6.07, 6.45) is 1.07. The summed E-state index contributed by atoms with van der Waals surface area (Å²) in [6, 6.07) is 12.1. The minimum absolute atomic E-state index is 0.0691. The van der Waals surface area contributed by atoms with Gasteiger partial charge in [-0.25, -0.2) is 4.99 Å². The van der Waals surface area contributed by atoms with Crippen molar-refractivity contribution in [3.63, 3.8) is 0 Å². The molecule has 0 saturated carbocycles. The van der Waals surface area contributed by atoms with Gasteiger partial charge < -0.3 is 16.0 Å². The highest BCUT2D eigenvalue weighted by Crippen LogP contribution is 2.14. The molecule has 0 aliphatic carbocycles. The number of carbonyl (C=O) groups is 1. The quantitative estimate of drug-likeness (QED) is 0.490. The summed E-state index contributed by atoms with van der Waals surface area (Å²) in [5.74, 6) is 1.27. The molecule has 1 heterocycles. The lowest BCUT2D eigenvalue weighted by Gasteiger charge is -2.15. The molecule has 0 saturated heterocycles. The second-order valence-corrected chi connectivity index (χ2v) is 7.38. The second-order valence-electron chi connectivity index (χ2n) is 6.35. The van der Waals surface area contributed by atoms with Crippen molar-refractivity contribution < 1.29 is 4.79 Å². The first kappa shape index (κ1) is 20.0. The van der Waals surface area contributed by atoms with Crippen molar-refractivity contribution in [1.82, 2.24) is 10.6 Å². The van der Waals surface area contributed by atoms with E-state index in [2.05, 4.69) is 52.3 Å². The van der Waals surface area contributed by atoms with Crippen LogP contribution in [0.4, 0.5) is 5.69 Å². The van der Waals surface area contributed by atoms with E-state index in [0.29, 0.717) is 12.5 Å². The second kappa shape index (κ2) is 10.6. The Morgan fingerprint density at radius 1 is 1.23 bits per heavy atom. The number of hydrogen-bond acceptors (Lipinski definition) is 3. The van der Waals surface area contributed by atoms with Gasteiger partial charge in [-0.2, -0.15) is 0 Å². The van der Waals surface area contributed by atoms with Crippen molar-refractivity contribution in [3.05, 3.63) is 52.2 Å². The number of hydrogen-bond donors (Lipinski definition) is 3. The van der Waals surface area contributed by atoms with E-state index in [1.807, 2.05) is 24.3 Å². The number of anilines is 1. The Hall–Kier alpha value is -2.34. The molecule has 0 bridgehead atoms. The van der Waals surface area contributed by atoms with Gasteiger partial charge in [0.05, 0.1) is 6.54 Å². The van der Waals surface area contributed by atoms with Crippen LogP contribution in [0.1, 0.15) is 31.2 Å². The number of thiophene rings is 1. The van der Waals surface area contributed by atoms with Gasteiger partial charge in [0.15, 0.2) is 5.96 Å². The van der Waals surface area contributed by atoms with Crippen LogP contribution in [0.3, 0.4) is 0 Å². The molecular formula is C20H28N4OS. The van der Waals surface area contributed by atoms with Crippen molar-refractivity contribution >= 4 is 28.9 Å². The van der Waals surface area contributed by atoms with E-state index in [0.717, 1.165) is 36.7 Å². The molecule has 0 aliphatic rings. The fraction of sp³-hybridized carbons (Fsp3) is 0.400. The Labute approximate surface area is 159 Å². The van der Waals surface area contributed by atoms with E-state index in [1.165, 1.54) is 11.8 Å². The van der Waals surface area contributed by atoms with Gasteiger partial charge in [-0.1, -0.05) is 25.1 Å². The van der Waals surface area contributed by atoms with Gasteiger partial charge in [-0.15, -0.1) is 11.3 Å². The Kier molecular flexibility index (Phi) is 8.15. The van der Waals surface area contributed by atoms with Gasteiger partial charge in [0.25, 0.3) is 0 Å². The summed E-state index contributed by atoms with van der Waals surface area (Å²) in [5, 5.41) is 11.6. The zero-order valence-electron chi connectivity index (χ0n) is 15.7. The fourth-order valence-corrected chi connectivity index (χ4v) is 3.45. The molecule has 6 heteroatoms. The topological polar surface area (TPSA) is 65.5 Å². The predicted molar refractivity (Wildman–Crippen MR) is 111 cm³/mol. The minimum atomic E-state index is -0.0691. The Morgan fingerprint density at radius 2 is 2.08 bits per heavy atom. The summed E-state index contributed by atoms with van der Waals surface area (Å²) >= 11 is 1.81. The van der Waals surface area contributed by atoms with E-state index in [9.17, 15) is 4.79 Å². The highest BCUT2D eigenvalue weighted by molar-refractivity contribution is 7.09. The van der Waals surface area contributed by atoms with E-state index >= 15 is 0 Å². The standard InChI is InChI=1S/C20H28N4OS/c1-4-21-20(22-13-15(2)11-19-9-6-10-26-19)23-14-17-7-5-8-18(12-17)24-16(3)25/h5-10,12,15H,4,11,13-14H2,1-3H3,(H,24,25)(H2,21,22,23). The van der Waals surface area contributed by atoms with Crippen molar-refractivity contribution in [2.24, 2.45) is 10.9 Å². The molecule has 0 radical (unpaired) electrons. The Balaban J connectivity index is 1.90. The molecule has 140 valence electrons. The molecule has 2 aromatic rings. The molecule has 26 heavy (non-hydrogen) atoms. The lowest BCUT2D eigenvalue weighted by molar-refractivity contribution is -0.114. The van der Waals surface area contributed by atoms with Gasteiger partial charge in [0.2, 0.25) is 5.91 Å². The van der Waals surface area contributed by atoms with Crippen molar-refractivity contribution in [3.8, 4) is 0 Å². The maximum Gasteiger partial charge on any atom is 0.221 e. The molecule has 5 nitrogen and oxygen atoms in total. The molecular weight excluding hydrogens is 344 g/mol. The lowest BCUT2D eigenvalue weighted by atomic mass is 10.1. The van der Waals surface area contributed by atoms with Crippen LogP contribution >= 0.6 is 11.3 Å². The smallest absolute Gasteiger partial charge is 0.221 e. The number of nitrogens with zero attached hydrogens (tertiary/aromatic N) is 1. The molecule has 3 N–H and O–H groups in total. The zero-order chi connectivity index (χ0) is 18.8. The molecule has 1 aromatic heterocycles. The molecule has 0 spiro atoms. The maximum absolute atomic E-state index is 11.2. The van der Waals surface area contributed by atoms with Crippen molar-refractivity contribution in [2.75, 3.05) is 18.4 Å². The fourth-order valence-electron chi connectivity index (χ4n) is 2.58. The maximum atomic E-state index is 11.2. The number of rotatable bonds is 8. The molecule has 0 aliphatic heterocycles. The molecule has 1 amide bonds. The number of guanidine groups is 1. The minimum Gasteiger partial charge on any atom is -0.357 e. The van der Waals surface area contributed by atoms with Crippen LogP contribution in [-0.4, -0.2) is 25.0 Å². The van der Waals surface area contributed by atoms with Crippen LogP contribution in [0.5, 0.6) is 0 Å². The van der Waals surface area contributed by atoms with Gasteiger partial charge in [-0.3, -0.25) is 4.79 Å². The normalized spacial score (nSPS) is 12.5. The van der Waals surface area contributed by atoms with Gasteiger partial charge in [-0.05, 0) is 48.4 Å². The highest BCUT2D eigenvalue weighted by atomic mass is 32.1. The SMILES string of the molecule is CCNC(=NCc1cccc(NC(C)=O)c1)NCC(C)Cc1cccs1. The third-order valence-electron chi connectivity index (χ3n) is 3.76. The first-order chi connectivity index (χ1) is 12.6. The number of benzene rings is 1. The van der Waals surface area contributed by atoms with E-state index in [1.54, 1.807) is 11.3 Å². The first-order valence-corrected chi connectivity index (χ1v) is 9.86. The summed E-state index contributed by atoms with van der Waals surface area (Å²) in [5.41, 5.74) is 1.85. The van der Waals surface area contributed by atoms with Crippen LogP contribution in [0, 0.1) is 5.92 Å². The van der Waals surface area contributed by atoms with Crippen LogP contribution < -0.4 is 16.0 Å². The number of nitrogens with one attached hydrogen (secondary N) is 3. The average Bonchev–Trinajstić information content (AvgIpc) is 3.10. The summed E-state index contributed by atoms with van der Waals surface area (Å²) in [7, 11) is 0. The molecule has 1 unspecified atom stereocenters. The van der Waals surface area contributed by atoms with Crippen LogP contribution in [0.15, 0.2) is 46.8 Å². The third-order valence-corrected chi connectivity index (χ3v) is 4.66. The van der Waals surface area contributed by atoms with Gasteiger partial charge in [0, 0.05) is 30.6 Å². The summed E-state index contributed by atoms with van der Waals surface area (Å²) in [4.78, 5) is 17.3. The average molecular weight is 373 g/mol. The molecule has 2 rings (SSSR count). The monoisotopic (exact) mass is 372 g/mol. The third kappa shape index (κ3) is 7.27. The van der Waals surface area contributed by atoms with Crippen LogP contribution in [0.2, 0.25) is 0 Å². The highest BCUT2D eigenvalue weighted by Gasteiger charge is 2.06. The van der Waals surface area contributed by atoms with Crippen molar-refractivity contribution in [2.45, 2.75) is 33.7 Å². The molecule has 1 atom stereocenters. The Bertz CT molecular complexity index is 712. The first-order valence-electron chi connectivity index (χ1n) is 8.98. The zero-order valence-corrected chi connectivity index (χ0v) is 16.5. The lowest BCUT2D eigenvalue weighted by Crippen LogP contribution is -2.39. The summed E-state index contributed by atoms with van der Waals surface area (Å²) in [6.45, 7) is 8.06. The van der Waals surface area contributed by atoms with Crippen LogP contribution in [0.25, 0.3) is 0 Å². The molecule has 0 fully saturated rings. The van der Waals surface area contributed by atoms with E-state index in [4.69, 9.17) is 0 Å². The number of amides is 1. The number of aliphatic imine (C=N–C) groups is 1. The van der Waals surface area contributed by atoms with Crippen molar-refractivity contribution in [1.29, 1.82) is 0 Å². The van der Waals surface area contributed by atoms with E-state index in [-0.39, 0.29) is 5.91 Å². The molecule has 1 aromatic carbocycles. The number of carbonyl (C=O) groups excluding carboxylic acids is 1. The van der Waals surface area contributed by atoms with Crippen LogP contribution in [-0.2, 0) is 17.8 Å².